The number of hydrogen-bond donors (Lipinski definition) is 1. The van der Waals surface area contributed by atoms with Gasteiger partial charge < -0.3 is 14.4 Å². The van der Waals surface area contributed by atoms with Crippen molar-refractivity contribution in [3.63, 3.8) is 0 Å². The maximum Gasteiger partial charge on any atom is 0.306 e. The molecule has 3 aromatic rings. The zero-order chi connectivity index (χ0) is 21.3. The molecule has 0 aliphatic heterocycles. The van der Waals surface area contributed by atoms with Crippen LogP contribution in [-0.2, 0) is 18.3 Å². The van der Waals surface area contributed by atoms with E-state index in [4.69, 9.17) is 9.84 Å². The van der Waals surface area contributed by atoms with Gasteiger partial charge in [-0.15, -0.1) is 0 Å². The molecular weight excluding hydrogens is 376 g/mol. The highest BCUT2D eigenvalue weighted by molar-refractivity contribution is 5.89. The van der Waals surface area contributed by atoms with Crippen molar-refractivity contribution < 1.29 is 14.6 Å². The molecule has 0 radical (unpaired) electrons. The number of nitrogens with zero attached hydrogens (tertiary/aromatic N) is 2. The predicted octanol–water partition coefficient (Wildman–Crippen LogP) is 4.97. The Bertz CT molecular complexity index is 1130. The molecule has 1 heterocycles. The zero-order valence-electron chi connectivity index (χ0n) is 17.4. The van der Waals surface area contributed by atoms with Gasteiger partial charge in [-0.2, -0.15) is 5.26 Å². The van der Waals surface area contributed by atoms with Crippen LogP contribution in [0, 0.1) is 24.2 Å². The first kappa shape index (κ1) is 20.0. The van der Waals surface area contributed by atoms with Gasteiger partial charge in [-0.05, 0) is 50.3 Å². The molecule has 0 atom stereocenters. The second-order valence-corrected chi connectivity index (χ2v) is 8.27. The number of hydrogen-bond acceptors (Lipinski definition) is 3. The van der Waals surface area contributed by atoms with Crippen LogP contribution in [0.5, 0.6) is 5.75 Å². The highest BCUT2D eigenvalue weighted by Crippen LogP contribution is 2.32. The zero-order valence-corrected chi connectivity index (χ0v) is 17.4. The Labute approximate surface area is 176 Å². The lowest BCUT2D eigenvalue weighted by atomic mass is 9.87. The Morgan fingerprint density at radius 3 is 2.63 bits per heavy atom. The van der Waals surface area contributed by atoms with Gasteiger partial charge in [-0.3, -0.25) is 4.79 Å². The summed E-state index contributed by atoms with van der Waals surface area (Å²) in [7, 11) is 2.00. The Hall–Kier alpha value is -3.26. The molecule has 1 N–H and O–H groups in total. The van der Waals surface area contributed by atoms with E-state index in [1.165, 1.54) is 11.1 Å². The van der Waals surface area contributed by atoms with E-state index in [0.29, 0.717) is 24.8 Å². The molecule has 1 aromatic heterocycles. The van der Waals surface area contributed by atoms with Crippen molar-refractivity contribution in [2.75, 3.05) is 0 Å². The normalized spacial score (nSPS) is 18.8. The first-order chi connectivity index (χ1) is 14.5. The molecule has 0 unspecified atom stereocenters. The van der Waals surface area contributed by atoms with E-state index in [-0.39, 0.29) is 12.0 Å². The van der Waals surface area contributed by atoms with Gasteiger partial charge in [0.15, 0.2) is 0 Å². The van der Waals surface area contributed by atoms with E-state index in [1.807, 2.05) is 31.3 Å². The first-order valence-electron chi connectivity index (χ1n) is 10.4. The van der Waals surface area contributed by atoms with Crippen molar-refractivity contribution in [2.24, 2.45) is 13.0 Å². The van der Waals surface area contributed by atoms with Gasteiger partial charge in [0.05, 0.1) is 23.1 Å². The number of rotatable bonds is 5. The van der Waals surface area contributed by atoms with E-state index >= 15 is 0 Å². The molecule has 1 saturated carbocycles. The summed E-state index contributed by atoms with van der Waals surface area (Å²) in [4.78, 5) is 11.1. The van der Waals surface area contributed by atoms with Gasteiger partial charge in [0.2, 0.25) is 0 Å². The maximum absolute atomic E-state index is 11.1. The van der Waals surface area contributed by atoms with Crippen molar-refractivity contribution >= 4 is 16.9 Å². The van der Waals surface area contributed by atoms with Crippen molar-refractivity contribution in [2.45, 2.75) is 45.1 Å². The quantitative estimate of drug-likeness (QED) is 0.654. The molecule has 5 heteroatoms. The minimum Gasteiger partial charge on any atom is -0.490 e. The van der Waals surface area contributed by atoms with E-state index in [1.54, 1.807) is 0 Å². The Kier molecular flexibility index (Phi) is 5.50. The lowest BCUT2D eigenvalue weighted by molar-refractivity contribution is -0.143. The monoisotopic (exact) mass is 402 g/mol. The minimum absolute atomic E-state index is 0.0421. The standard InChI is InChI=1S/C25H26N2O3/c1-16-4-3-5-17(12-16)13-23-22(15-26)21-11-10-20(14-24(21)27(23)2)30-19-8-6-18(7-9-19)25(28)29/h3-5,10-12,14,18-19H,6-9,13H2,1-2H3,(H,28,29)/t18-,19+. The molecular formula is C25H26N2O3. The number of aliphatic carboxylic acids is 1. The van der Waals surface area contributed by atoms with E-state index in [2.05, 4.69) is 35.8 Å². The number of carboxylic acids is 1. The summed E-state index contributed by atoms with van der Waals surface area (Å²) in [6.07, 6.45) is 3.57. The topological polar surface area (TPSA) is 75.2 Å². The molecule has 5 nitrogen and oxygen atoms in total. The van der Waals surface area contributed by atoms with Gasteiger partial charge in [-0.25, -0.2) is 0 Å². The fraction of sp³-hybridized carbons (Fsp3) is 0.360. The van der Waals surface area contributed by atoms with Gasteiger partial charge in [-0.1, -0.05) is 29.8 Å². The van der Waals surface area contributed by atoms with E-state index in [0.717, 1.165) is 35.2 Å². The number of benzene rings is 2. The third kappa shape index (κ3) is 3.91. The van der Waals surface area contributed by atoms with Crippen LogP contribution in [0.1, 0.15) is 48.1 Å². The maximum atomic E-state index is 11.1. The summed E-state index contributed by atoms with van der Waals surface area (Å²) in [5, 5.41) is 19.9. The number of aryl methyl sites for hydroxylation is 2. The average molecular weight is 402 g/mol. The molecule has 1 aliphatic carbocycles. The highest BCUT2D eigenvalue weighted by Gasteiger charge is 2.27. The number of carboxylic acid groups (broad SMARTS) is 1. The summed E-state index contributed by atoms with van der Waals surface area (Å²) in [5.41, 5.74) is 5.08. The second kappa shape index (κ2) is 8.23. The number of ether oxygens (including phenoxy) is 1. The van der Waals surface area contributed by atoms with Gasteiger partial charge >= 0.3 is 5.97 Å². The molecule has 0 amide bonds. The Morgan fingerprint density at radius 2 is 1.97 bits per heavy atom. The second-order valence-electron chi connectivity index (χ2n) is 8.27. The highest BCUT2D eigenvalue weighted by atomic mass is 16.5. The van der Waals surface area contributed by atoms with Gasteiger partial charge in [0, 0.05) is 30.6 Å². The third-order valence-corrected chi connectivity index (χ3v) is 6.19. The molecule has 1 fully saturated rings. The summed E-state index contributed by atoms with van der Waals surface area (Å²) >= 11 is 0. The lowest BCUT2D eigenvalue weighted by Gasteiger charge is -2.26. The smallest absolute Gasteiger partial charge is 0.306 e. The number of carbonyl (C=O) groups is 1. The molecule has 4 rings (SSSR count). The summed E-state index contributed by atoms with van der Waals surface area (Å²) in [6.45, 7) is 2.07. The van der Waals surface area contributed by atoms with Crippen LogP contribution in [-0.4, -0.2) is 21.7 Å². The number of nitriles is 1. The summed E-state index contributed by atoms with van der Waals surface area (Å²) in [5.74, 6) is -0.181. The first-order valence-corrected chi connectivity index (χ1v) is 10.4. The largest absolute Gasteiger partial charge is 0.490 e. The average Bonchev–Trinajstić information content (AvgIpc) is 2.99. The van der Waals surface area contributed by atoms with Crippen molar-refractivity contribution in [3.05, 3.63) is 64.8 Å². The summed E-state index contributed by atoms with van der Waals surface area (Å²) in [6, 6.07) is 16.6. The minimum atomic E-state index is -0.705. The molecule has 0 spiro atoms. The molecule has 154 valence electrons. The van der Waals surface area contributed by atoms with Crippen LogP contribution in [0.25, 0.3) is 10.9 Å². The van der Waals surface area contributed by atoms with Crippen LogP contribution < -0.4 is 4.74 Å². The Morgan fingerprint density at radius 1 is 1.20 bits per heavy atom. The van der Waals surface area contributed by atoms with Crippen molar-refractivity contribution in [3.8, 4) is 11.8 Å². The summed E-state index contributed by atoms with van der Waals surface area (Å²) < 4.78 is 8.26. The van der Waals surface area contributed by atoms with Crippen LogP contribution in [0.4, 0.5) is 0 Å². The number of aromatic nitrogens is 1. The van der Waals surface area contributed by atoms with E-state index < -0.39 is 5.97 Å². The number of fused-ring (bicyclic) bond motifs is 1. The van der Waals surface area contributed by atoms with Crippen LogP contribution in [0.3, 0.4) is 0 Å². The SMILES string of the molecule is Cc1cccc(Cc2c(C#N)c3ccc(O[C@H]4CC[C@@H](C(=O)O)CC4)cc3n2C)c1. The molecule has 0 saturated heterocycles. The van der Waals surface area contributed by atoms with Gasteiger partial charge in [0.1, 0.15) is 11.8 Å². The Balaban J connectivity index is 1.59. The van der Waals surface area contributed by atoms with Crippen molar-refractivity contribution in [1.29, 1.82) is 5.26 Å². The molecule has 30 heavy (non-hydrogen) atoms. The molecule has 2 aromatic carbocycles. The fourth-order valence-corrected chi connectivity index (χ4v) is 4.51. The van der Waals surface area contributed by atoms with Gasteiger partial charge in [0.25, 0.3) is 0 Å². The van der Waals surface area contributed by atoms with Crippen LogP contribution >= 0.6 is 0 Å². The lowest BCUT2D eigenvalue weighted by Crippen LogP contribution is -2.27. The van der Waals surface area contributed by atoms with Crippen molar-refractivity contribution in [1.82, 2.24) is 4.57 Å². The predicted molar refractivity (Wildman–Crippen MR) is 116 cm³/mol. The third-order valence-electron chi connectivity index (χ3n) is 6.19. The fourth-order valence-electron chi connectivity index (χ4n) is 4.51. The molecule has 0 bridgehead atoms. The molecule has 1 aliphatic rings. The van der Waals surface area contributed by atoms with Crippen LogP contribution in [0.2, 0.25) is 0 Å². The van der Waals surface area contributed by atoms with E-state index in [9.17, 15) is 10.1 Å². The van der Waals surface area contributed by atoms with Crippen LogP contribution in [0.15, 0.2) is 42.5 Å².